The van der Waals surface area contributed by atoms with Gasteiger partial charge in [0, 0.05) is 21.7 Å². The van der Waals surface area contributed by atoms with Crippen LogP contribution in [0.3, 0.4) is 0 Å². The topological polar surface area (TPSA) is 17.3 Å². The van der Waals surface area contributed by atoms with Crippen molar-refractivity contribution < 1.29 is 13.2 Å². The fourth-order valence-corrected chi connectivity index (χ4v) is 3.82. The summed E-state index contributed by atoms with van der Waals surface area (Å²) in [5, 5.41) is 1.45. The van der Waals surface area contributed by atoms with Crippen molar-refractivity contribution >= 4 is 29.0 Å². The van der Waals surface area contributed by atoms with Crippen molar-refractivity contribution in [3.8, 4) is 11.3 Å². The molecule has 2 heterocycles. The minimum absolute atomic E-state index is 0.624. The zero-order valence-electron chi connectivity index (χ0n) is 13.7. The van der Waals surface area contributed by atoms with Gasteiger partial charge in [-0.05, 0) is 48.5 Å². The van der Waals surface area contributed by atoms with Crippen LogP contribution in [-0.4, -0.2) is 9.38 Å². The van der Waals surface area contributed by atoms with Crippen molar-refractivity contribution in [1.82, 2.24) is 9.38 Å². The maximum atomic E-state index is 12.8. The number of imidazole rings is 1. The number of aromatic nitrogens is 2. The van der Waals surface area contributed by atoms with Crippen molar-refractivity contribution in [2.75, 3.05) is 0 Å². The van der Waals surface area contributed by atoms with Crippen molar-refractivity contribution in [3.63, 3.8) is 0 Å². The fraction of sp³-hybridized carbons (Fsp3) is 0.0500. The van der Waals surface area contributed by atoms with Crippen LogP contribution in [-0.2, 0) is 6.18 Å². The van der Waals surface area contributed by atoms with Crippen LogP contribution in [0.5, 0.6) is 0 Å². The van der Waals surface area contributed by atoms with Crippen molar-refractivity contribution in [2.24, 2.45) is 0 Å². The Morgan fingerprint density at radius 3 is 2.26 bits per heavy atom. The summed E-state index contributed by atoms with van der Waals surface area (Å²) in [5.74, 6) is 0. The van der Waals surface area contributed by atoms with Gasteiger partial charge in [0.2, 0.25) is 0 Å². The number of fused-ring (bicyclic) bond motifs is 1. The first-order valence-corrected chi connectivity index (χ1v) is 9.19. The van der Waals surface area contributed by atoms with E-state index < -0.39 is 11.7 Å². The van der Waals surface area contributed by atoms with Gasteiger partial charge in [-0.1, -0.05) is 41.6 Å². The van der Waals surface area contributed by atoms with E-state index in [-0.39, 0.29) is 0 Å². The predicted octanol–water partition coefficient (Wildman–Crippen LogP) is 6.82. The van der Waals surface area contributed by atoms with Gasteiger partial charge in [-0.3, -0.25) is 4.40 Å². The third-order valence-electron chi connectivity index (χ3n) is 4.00. The van der Waals surface area contributed by atoms with Gasteiger partial charge in [-0.25, -0.2) is 4.98 Å². The first-order valence-electron chi connectivity index (χ1n) is 8.00. The van der Waals surface area contributed by atoms with Crippen molar-refractivity contribution in [1.29, 1.82) is 0 Å². The normalized spacial score (nSPS) is 11.9. The van der Waals surface area contributed by atoms with Gasteiger partial charge in [0.15, 0.2) is 0 Å². The Morgan fingerprint density at radius 1 is 0.889 bits per heavy atom. The maximum absolute atomic E-state index is 12.8. The first-order chi connectivity index (χ1) is 12.9. The lowest BCUT2D eigenvalue weighted by Gasteiger charge is -2.08. The van der Waals surface area contributed by atoms with Crippen molar-refractivity contribution in [2.45, 2.75) is 16.1 Å². The summed E-state index contributed by atoms with van der Waals surface area (Å²) in [7, 11) is 0. The summed E-state index contributed by atoms with van der Waals surface area (Å²) in [6.45, 7) is 0. The Morgan fingerprint density at radius 2 is 1.59 bits per heavy atom. The van der Waals surface area contributed by atoms with E-state index in [9.17, 15) is 13.2 Å². The average Bonchev–Trinajstić information content (AvgIpc) is 3.01. The summed E-state index contributed by atoms with van der Waals surface area (Å²) >= 11 is 7.35. The highest BCUT2D eigenvalue weighted by molar-refractivity contribution is 7.99. The summed E-state index contributed by atoms with van der Waals surface area (Å²) in [6, 6.07) is 18.1. The number of pyridine rings is 1. The van der Waals surface area contributed by atoms with Crippen LogP contribution in [0.4, 0.5) is 13.2 Å². The molecule has 7 heteroatoms. The first kappa shape index (κ1) is 17.9. The Kier molecular flexibility index (Phi) is 4.61. The van der Waals surface area contributed by atoms with Crippen LogP contribution in [0.2, 0.25) is 5.02 Å². The monoisotopic (exact) mass is 404 g/mol. The number of alkyl halides is 3. The SMILES string of the molecule is FC(F)(F)c1ccc(Sc2c(-c3ccc(Cl)cc3)nc3ccccn23)cc1. The molecule has 0 N–H and O–H groups in total. The summed E-state index contributed by atoms with van der Waals surface area (Å²) < 4.78 is 40.3. The van der Waals surface area contributed by atoms with Gasteiger partial charge in [0.05, 0.1) is 5.56 Å². The fourth-order valence-electron chi connectivity index (χ4n) is 2.69. The van der Waals surface area contributed by atoms with Gasteiger partial charge in [-0.2, -0.15) is 13.2 Å². The van der Waals surface area contributed by atoms with E-state index >= 15 is 0 Å². The third kappa shape index (κ3) is 3.68. The largest absolute Gasteiger partial charge is 0.416 e. The highest BCUT2D eigenvalue weighted by Gasteiger charge is 2.30. The number of benzene rings is 2. The van der Waals surface area contributed by atoms with Crippen LogP contribution in [0.25, 0.3) is 16.9 Å². The van der Waals surface area contributed by atoms with Crippen LogP contribution in [0, 0.1) is 0 Å². The molecule has 0 bridgehead atoms. The molecule has 4 aromatic rings. The Hall–Kier alpha value is -2.44. The molecule has 0 unspecified atom stereocenters. The third-order valence-corrected chi connectivity index (χ3v) is 5.34. The zero-order chi connectivity index (χ0) is 19.0. The van der Waals surface area contributed by atoms with Crippen molar-refractivity contribution in [3.05, 3.63) is 83.5 Å². The summed E-state index contributed by atoms with van der Waals surface area (Å²) in [4.78, 5) is 5.38. The number of nitrogens with zero attached hydrogens (tertiary/aromatic N) is 2. The molecule has 2 aromatic carbocycles. The molecule has 27 heavy (non-hydrogen) atoms. The van der Waals surface area contributed by atoms with E-state index in [1.165, 1.54) is 23.9 Å². The molecule has 2 nitrogen and oxygen atoms in total. The number of hydrogen-bond acceptors (Lipinski definition) is 2. The average molecular weight is 405 g/mol. The smallest absolute Gasteiger partial charge is 0.294 e. The maximum Gasteiger partial charge on any atom is 0.416 e. The molecule has 2 aromatic heterocycles. The molecule has 0 spiro atoms. The molecule has 0 aliphatic heterocycles. The molecular formula is C20H12ClF3N2S. The van der Waals surface area contributed by atoms with E-state index in [1.807, 2.05) is 40.9 Å². The van der Waals surface area contributed by atoms with E-state index in [2.05, 4.69) is 4.98 Å². The van der Waals surface area contributed by atoms with Gasteiger partial charge < -0.3 is 0 Å². The van der Waals surface area contributed by atoms with Gasteiger partial charge in [0.25, 0.3) is 0 Å². The minimum Gasteiger partial charge on any atom is -0.294 e. The highest BCUT2D eigenvalue weighted by atomic mass is 35.5. The molecule has 0 aliphatic carbocycles. The Balaban J connectivity index is 1.78. The van der Waals surface area contributed by atoms with Crippen LogP contribution in [0.1, 0.15) is 5.56 Å². The van der Waals surface area contributed by atoms with E-state index in [0.29, 0.717) is 9.92 Å². The van der Waals surface area contributed by atoms with E-state index in [4.69, 9.17) is 11.6 Å². The van der Waals surface area contributed by atoms with E-state index in [1.54, 1.807) is 12.1 Å². The highest BCUT2D eigenvalue weighted by Crippen LogP contribution is 2.38. The molecule has 0 saturated carbocycles. The second kappa shape index (κ2) is 6.94. The van der Waals surface area contributed by atoms with Gasteiger partial charge >= 0.3 is 6.18 Å². The lowest BCUT2D eigenvalue weighted by molar-refractivity contribution is -0.137. The molecule has 0 amide bonds. The van der Waals surface area contributed by atoms with Crippen LogP contribution >= 0.6 is 23.4 Å². The molecule has 0 atom stereocenters. The molecule has 0 aliphatic rings. The molecule has 136 valence electrons. The zero-order valence-corrected chi connectivity index (χ0v) is 15.3. The number of hydrogen-bond donors (Lipinski definition) is 0. The van der Waals surface area contributed by atoms with E-state index in [0.717, 1.165) is 34.1 Å². The van der Waals surface area contributed by atoms with Crippen LogP contribution in [0.15, 0.2) is 82.8 Å². The minimum atomic E-state index is -4.35. The Bertz CT molecular complexity index is 1090. The lowest BCUT2D eigenvalue weighted by Crippen LogP contribution is -2.03. The number of rotatable bonds is 3. The second-order valence-electron chi connectivity index (χ2n) is 5.83. The standard InChI is InChI=1S/C20H12ClF3N2S/c21-15-8-4-13(5-9-15)18-19(26-12-2-1-3-17(26)25-18)27-16-10-6-14(7-11-16)20(22,23)24/h1-12H. The Labute approximate surface area is 162 Å². The predicted molar refractivity (Wildman–Crippen MR) is 101 cm³/mol. The molecule has 0 fully saturated rings. The number of halogens is 4. The molecule has 0 saturated heterocycles. The van der Waals surface area contributed by atoms with Gasteiger partial charge in [-0.15, -0.1) is 0 Å². The van der Waals surface area contributed by atoms with Gasteiger partial charge in [0.1, 0.15) is 16.4 Å². The molecule has 0 radical (unpaired) electrons. The quantitative estimate of drug-likeness (QED) is 0.372. The lowest BCUT2D eigenvalue weighted by atomic mass is 10.2. The summed E-state index contributed by atoms with van der Waals surface area (Å²) in [5.41, 5.74) is 1.74. The molecular weight excluding hydrogens is 393 g/mol. The van der Waals surface area contributed by atoms with Crippen LogP contribution < -0.4 is 0 Å². The summed E-state index contributed by atoms with van der Waals surface area (Å²) in [6.07, 6.45) is -2.46. The second-order valence-corrected chi connectivity index (χ2v) is 7.32. The molecule has 4 rings (SSSR count).